The predicted octanol–water partition coefficient (Wildman–Crippen LogP) is 4.94. The smallest absolute Gasteiger partial charge is 0.264 e. The van der Waals surface area contributed by atoms with Gasteiger partial charge >= 0.3 is 0 Å². The zero-order valence-electron chi connectivity index (χ0n) is 19.1. The number of hydrogen-bond donors (Lipinski definition) is 0. The van der Waals surface area contributed by atoms with Gasteiger partial charge < -0.3 is 4.90 Å². The van der Waals surface area contributed by atoms with E-state index in [9.17, 15) is 22.0 Å². The van der Waals surface area contributed by atoms with Gasteiger partial charge in [-0.2, -0.15) is 0 Å². The van der Waals surface area contributed by atoms with Crippen LogP contribution in [0, 0.1) is 0 Å². The third kappa shape index (κ3) is 4.31. The van der Waals surface area contributed by atoms with Crippen molar-refractivity contribution in [1.29, 1.82) is 0 Å². The molecule has 3 aromatic carbocycles. The van der Waals surface area contributed by atoms with Crippen molar-refractivity contribution in [3.8, 4) is 0 Å². The van der Waals surface area contributed by atoms with E-state index < -0.39 is 21.9 Å². The summed E-state index contributed by atoms with van der Waals surface area (Å²) in [4.78, 5) is 14.7. The van der Waals surface area contributed by atoms with Gasteiger partial charge in [-0.05, 0) is 42.2 Å². The molecule has 0 bridgehead atoms. The highest BCUT2D eigenvalue weighted by atomic mass is 32.2. The normalized spacial score (nSPS) is 17.1. The second-order valence-corrected chi connectivity index (χ2v) is 11.1. The molecular formula is C27H26F2N2O3S. The van der Waals surface area contributed by atoms with Crippen LogP contribution in [0.5, 0.6) is 0 Å². The summed E-state index contributed by atoms with van der Waals surface area (Å²) in [7, 11) is -3.93. The molecule has 0 aliphatic carbocycles. The second-order valence-electron chi connectivity index (χ2n) is 9.22. The Hall–Kier alpha value is -3.26. The first-order valence-corrected chi connectivity index (χ1v) is 13.1. The van der Waals surface area contributed by atoms with Crippen molar-refractivity contribution >= 4 is 21.6 Å². The van der Waals surface area contributed by atoms with E-state index in [2.05, 4.69) is 0 Å². The van der Waals surface area contributed by atoms with E-state index in [4.69, 9.17) is 0 Å². The van der Waals surface area contributed by atoms with Gasteiger partial charge in [0.05, 0.1) is 17.0 Å². The predicted molar refractivity (Wildman–Crippen MR) is 130 cm³/mol. The molecule has 1 amide bonds. The van der Waals surface area contributed by atoms with Crippen molar-refractivity contribution in [3.05, 3.63) is 95.6 Å². The van der Waals surface area contributed by atoms with Gasteiger partial charge in [-0.25, -0.2) is 17.2 Å². The molecule has 0 atom stereocenters. The van der Waals surface area contributed by atoms with Crippen LogP contribution >= 0.6 is 0 Å². The number of alkyl halides is 2. The molecule has 3 aromatic rings. The Bertz CT molecular complexity index is 1320. The standard InChI is InChI=1S/C27H26F2N2O3S/c28-26(29)21-10-12-22(13-11-21)35(33,34)31-19-27(23-8-4-5-9-24(23)31)14-16-30(17-15-27)25(32)18-20-6-2-1-3-7-20/h1-13,26H,14-19H2. The van der Waals surface area contributed by atoms with E-state index >= 15 is 0 Å². The molecule has 1 saturated heterocycles. The Labute approximate surface area is 204 Å². The van der Waals surface area contributed by atoms with Gasteiger partial charge in [0.25, 0.3) is 16.4 Å². The highest BCUT2D eigenvalue weighted by molar-refractivity contribution is 7.92. The molecule has 0 unspecified atom stereocenters. The molecule has 2 aliphatic heterocycles. The SMILES string of the molecule is O=C(Cc1ccccc1)N1CCC2(CC1)CN(S(=O)(=O)c1ccc(C(F)F)cc1)c1ccccc12. The summed E-state index contributed by atoms with van der Waals surface area (Å²) in [6.07, 6.45) is -1.00. The number of sulfonamides is 1. The first-order chi connectivity index (χ1) is 16.8. The zero-order chi connectivity index (χ0) is 24.6. The van der Waals surface area contributed by atoms with Crippen molar-refractivity contribution in [2.75, 3.05) is 23.9 Å². The molecule has 2 heterocycles. The first-order valence-electron chi connectivity index (χ1n) is 11.6. The summed E-state index contributed by atoms with van der Waals surface area (Å²) < 4.78 is 54.4. The number of halogens is 2. The number of benzene rings is 3. The van der Waals surface area contributed by atoms with E-state index in [-0.39, 0.29) is 22.9 Å². The fourth-order valence-electron chi connectivity index (χ4n) is 5.21. The minimum Gasteiger partial charge on any atom is -0.342 e. The van der Waals surface area contributed by atoms with Crippen molar-refractivity contribution in [1.82, 2.24) is 4.90 Å². The van der Waals surface area contributed by atoms with Gasteiger partial charge in [0.2, 0.25) is 5.91 Å². The topological polar surface area (TPSA) is 57.7 Å². The number of para-hydroxylation sites is 1. The molecule has 8 heteroatoms. The maximum absolute atomic E-state index is 13.6. The van der Waals surface area contributed by atoms with Gasteiger partial charge in [0.15, 0.2) is 0 Å². The summed E-state index contributed by atoms with van der Waals surface area (Å²) >= 11 is 0. The van der Waals surface area contributed by atoms with Crippen LogP contribution in [0.2, 0.25) is 0 Å². The fraction of sp³-hybridized carbons (Fsp3) is 0.296. The molecule has 35 heavy (non-hydrogen) atoms. The Morgan fingerprint density at radius 1 is 0.886 bits per heavy atom. The lowest BCUT2D eigenvalue weighted by Crippen LogP contribution is -2.48. The summed E-state index contributed by atoms with van der Waals surface area (Å²) in [6.45, 7) is 1.37. The lowest BCUT2D eigenvalue weighted by atomic mass is 9.74. The lowest BCUT2D eigenvalue weighted by molar-refractivity contribution is -0.132. The molecule has 5 nitrogen and oxygen atoms in total. The molecule has 5 rings (SSSR count). The van der Waals surface area contributed by atoms with Crippen molar-refractivity contribution < 1.29 is 22.0 Å². The summed E-state index contributed by atoms with van der Waals surface area (Å²) in [5.41, 5.74) is 1.95. The van der Waals surface area contributed by atoms with E-state index in [0.717, 1.165) is 23.3 Å². The van der Waals surface area contributed by atoms with E-state index in [1.165, 1.54) is 16.4 Å². The minimum atomic E-state index is -3.93. The van der Waals surface area contributed by atoms with Gasteiger partial charge in [0.1, 0.15) is 0 Å². The quantitative estimate of drug-likeness (QED) is 0.503. The second kappa shape index (κ2) is 9.07. The summed E-state index contributed by atoms with van der Waals surface area (Å²) in [6, 6.07) is 21.9. The van der Waals surface area contributed by atoms with Crippen LogP contribution in [0.15, 0.2) is 83.8 Å². The van der Waals surface area contributed by atoms with Crippen molar-refractivity contribution in [2.24, 2.45) is 0 Å². The monoisotopic (exact) mass is 496 g/mol. The van der Waals surface area contributed by atoms with Crippen LogP contribution in [0.1, 0.15) is 36.0 Å². The Balaban J connectivity index is 1.37. The number of carbonyl (C=O) groups excluding carboxylic acids is 1. The zero-order valence-corrected chi connectivity index (χ0v) is 19.9. The van der Waals surface area contributed by atoms with Crippen LogP contribution in [0.3, 0.4) is 0 Å². The molecule has 2 aliphatic rings. The van der Waals surface area contributed by atoms with Crippen molar-refractivity contribution in [2.45, 2.75) is 36.0 Å². The van der Waals surface area contributed by atoms with Gasteiger partial charge in [0, 0.05) is 30.6 Å². The molecule has 1 spiro atoms. The van der Waals surface area contributed by atoms with E-state index in [1.54, 1.807) is 12.1 Å². The van der Waals surface area contributed by atoms with Crippen LogP contribution < -0.4 is 4.31 Å². The van der Waals surface area contributed by atoms with Gasteiger partial charge in [-0.1, -0.05) is 60.7 Å². The van der Waals surface area contributed by atoms with E-state index in [0.29, 0.717) is 38.0 Å². The number of anilines is 1. The van der Waals surface area contributed by atoms with Crippen LogP contribution in [-0.4, -0.2) is 38.9 Å². The Morgan fingerprint density at radius 3 is 2.17 bits per heavy atom. The number of piperidine rings is 1. The molecule has 0 radical (unpaired) electrons. The summed E-state index contributed by atoms with van der Waals surface area (Å²) in [5, 5.41) is 0. The number of rotatable bonds is 5. The highest BCUT2D eigenvalue weighted by Crippen LogP contribution is 2.48. The van der Waals surface area contributed by atoms with Crippen LogP contribution in [-0.2, 0) is 26.7 Å². The number of likely N-dealkylation sites (tertiary alicyclic amines) is 1. The van der Waals surface area contributed by atoms with Crippen LogP contribution in [0.25, 0.3) is 0 Å². The number of nitrogens with zero attached hydrogens (tertiary/aromatic N) is 2. The lowest BCUT2D eigenvalue weighted by Gasteiger charge is -2.40. The minimum absolute atomic E-state index is 0.00997. The van der Waals surface area contributed by atoms with Crippen LogP contribution in [0.4, 0.5) is 14.5 Å². The molecule has 0 N–H and O–H groups in total. The number of amides is 1. The maximum atomic E-state index is 13.6. The molecule has 182 valence electrons. The molecular weight excluding hydrogens is 470 g/mol. The third-order valence-electron chi connectivity index (χ3n) is 7.18. The average molecular weight is 497 g/mol. The first kappa shape index (κ1) is 23.5. The van der Waals surface area contributed by atoms with Gasteiger partial charge in [-0.15, -0.1) is 0 Å². The number of carbonyl (C=O) groups is 1. The fourth-order valence-corrected chi connectivity index (χ4v) is 6.78. The number of fused-ring (bicyclic) bond motifs is 2. The average Bonchev–Trinajstić information content (AvgIpc) is 3.20. The van der Waals surface area contributed by atoms with E-state index in [1.807, 2.05) is 47.4 Å². The van der Waals surface area contributed by atoms with Gasteiger partial charge in [-0.3, -0.25) is 9.10 Å². The third-order valence-corrected chi connectivity index (χ3v) is 8.96. The molecule has 0 aromatic heterocycles. The Kier molecular flexibility index (Phi) is 6.09. The largest absolute Gasteiger partial charge is 0.342 e. The number of hydrogen-bond acceptors (Lipinski definition) is 3. The highest BCUT2D eigenvalue weighted by Gasteiger charge is 2.48. The van der Waals surface area contributed by atoms with Crippen molar-refractivity contribution in [3.63, 3.8) is 0 Å². The maximum Gasteiger partial charge on any atom is 0.264 e. The Morgan fingerprint density at radius 2 is 1.51 bits per heavy atom. The summed E-state index contributed by atoms with van der Waals surface area (Å²) in [5.74, 6) is 0.0703. The molecule has 0 saturated carbocycles. The molecule has 1 fully saturated rings.